The quantitative estimate of drug-likeness (QED) is 0.751. The Bertz CT molecular complexity index is 536. The lowest BCUT2D eigenvalue weighted by Crippen LogP contribution is -2.42. The molecule has 0 spiro atoms. The van der Waals surface area contributed by atoms with Crippen LogP contribution in [0.1, 0.15) is 23.6 Å². The van der Waals surface area contributed by atoms with Crippen molar-refractivity contribution in [1.82, 2.24) is 10.2 Å². The van der Waals surface area contributed by atoms with Crippen molar-refractivity contribution in [2.45, 2.75) is 19.0 Å². The van der Waals surface area contributed by atoms with Crippen molar-refractivity contribution in [1.29, 1.82) is 0 Å². The highest BCUT2D eigenvalue weighted by Gasteiger charge is 2.30. The summed E-state index contributed by atoms with van der Waals surface area (Å²) in [6, 6.07) is 8.10. The van der Waals surface area contributed by atoms with Crippen LogP contribution >= 0.6 is 0 Å². The van der Waals surface area contributed by atoms with Crippen LogP contribution in [-0.4, -0.2) is 23.1 Å². The molecule has 0 radical (unpaired) electrons. The molecule has 0 bridgehead atoms. The van der Waals surface area contributed by atoms with Crippen molar-refractivity contribution in [3.8, 4) is 0 Å². The molecule has 1 aromatic rings. The van der Waals surface area contributed by atoms with Gasteiger partial charge in [0.05, 0.1) is 12.5 Å². The predicted octanol–water partition coefficient (Wildman–Crippen LogP) is 1.15. The van der Waals surface area contributed by atoms with Gasteiger partial charge >= 0.3 is 0 Å². The van der Waals surface area contributed by atoms with Gasteiger partial charge in [0.25, 0.3) is 0 Å². The van der Waals surface area contributed by atoms with Crippen LogP contribution in [0.15, 0.2) is 36.5 Å². The summed E-state index contributed by atoms with van der Waals surface area (Å²) in [4.78, 5) is 24.8. The number of amides is 1. The van der Waals surface area contributed by atoms with Crippen LogP contribution in [0, 0.1) is 0 Å². The molecule has 1 unspecified atom stereocenters. The number of nitrogens with zero attached hydrogens (tertiary/aromatic N) is 1. The third-order valence-corrected chi connectivity index (χ3v) is 3.44. The van der Waals surface area contributed by atoms with E-state index in [1.807, 2.05) is 12.1 Å². The molecule has 1 aromatic carbocycles. The summed E-state index contributed by atoms with van der Waals surface area (Å²) in [5, 5.41) is 3.31. The van der Waals surface area contributed by atoms with Crippen molar-refractivity contribution in [3.63, 3.8) is 0 Å². The minimum absolute atomic E-state index is 0.00759. The van der Waals surface area contributed by atoms with E-state index in [9.17, 15) is 9.59 Å². The Morgan fingerprint density at radius 1 is 1.22 bits per heavy atom. The molecular formula is C14H14N2O2. The number of allylic oxidation sites excluding steroid dienone is 1. The van der Waals surface area contributed by atoms with Gasteiger partial charge in [0.15, 0.2) is 5.78 Å². The Morgan fingerprint density at radius 3 is 2.89 bits per heavy atom. The molecule has 2 aliphatic rings. The molecule has 4 nitrogen and oxygen atoms in total. The summed E-state index contributed by atoms with van der Waals surface area (Å²) in [6.45, 7) is 1.55. The fraction of sp³-hybridized carbons (Fsp3) is 0.286. The molecule has 2 heterocycles. The zero-order valence-electron chi connectivity index (χ0n) is 9.93. The summed E-state index contributed by atoms with van der Waals surface area (Å²) >= 11 is 0. The third-order valence-electron chi connectivity index (χ3n) is 3.44. The number of carbonyl (C=O) groups excluding carboxylic acids is 2. The van der Waals surface area contributed by atoms with Crippen molar-refractivity contribution in [3.05, 3.63) is 47.7 Å². The zero-order valence-corrected chi connectivity index (χ0v) is 9.93. The second kappa shape index (κ2) is 4.38. The maximum atomic E-state index is 11.9. The molecule has 18 heavy (non-hydrogen) atoms. The van der Waals surface area contributed by atoms with Gasteiger partial charge in [-0.05, 0) is 17.2 Å². The molecule has 0 fully saturated rings. The standard InChI is InChI=1S/C14H14N2O2/c17-11-5-6-16(14(18)7-11)13-9-15-8-10-3-1-2-4-12(10)13/h1-6,13,15H,7-9H2. The van der Waals surface area contributed by atoms with Gasteiger partial charge in [-0.2, -0.15) is 0 Å². The number of nitrogens with one attached hydrogen (secondary N) is 1. The molecule has 4 heteroatoms. The molecule has 1 atom stereocenters. The van der Waals surface area contributed by atoms with Crippen LogP contribution in [-0.2, 0) is 16.1 Å². The number of hydrogen-bond donors (Lipinski definition) is 1. The first-order valence-corrected chi connectivity index (χ1v) is 6.06. The first-order valence-electron chi connectivity index (χ1n) is 6.06. The summed E-state index contributed by atoms with van der Waals surface area (Å²) in [7, 11) is 0. The predicted molar refractivity (Wildman–Crippen MR) is 66.5 cm³/mol. The maximum absolute atomic E-state index is 11.9. The SMILES string of the molecule is O=C1C=CN(C2CNCc3ccccc32)C(=O)C1. The van der Waals surface area contributed by atoms with Crippen LogP contribution in [0.2, 0.25) is 0 Å². The highest BCUT2D eigenvalue weighted by atomic mass is 16.2. The maximum Gasteiger partial charge on any atom is 0.234 e. The van der Waals surface area contributed by atoms with Gasteiger partial charge in [-0.1, -0.05) is 24.3 Å². The average Bonchev–Trinajstić information content (AvgIpc) is 2.38. The van der Waals surface area contributed by atoms with Gasteiger partial charge in [0.1, 0.15) is 0 Å². The number of carbonyl (C=O) groups is 2. The molecule has 0 saturated heterocycles. The van der Waals surface area contributed by atoms with Gasteiger partial charge < -0.3 is 10.2 Å². The van der Waals surface area contributed by atoms with Crippen molar-refractivity contribution in [2.24, 2.45) is 0 Å². The molecule has 0 aromatic heterocycles. The van der Waals surface area contributed by atoms with Crippen LogP contribution in [0.4, 0.5) is 0 Å². The average molecular weight is 242 g/mol. The first-order chi connectivity index (χ1) is 8.75. The van der Waals surface area contributed by atoms with Gasteiger partial charge in [0, 0.05) is 19.3 Å². The highest BCUT2D eigenvalue weighted by molar-refractivity contribution is 6.06. The fourth-order valence-electron chi connectivity index (χ4n) is 2.55. The molecule has 2 aliphatic heterocycles. The summed E-state index contributed by atoms with van der Waals surface area (Å²) < 4.78 is 0. The fourth-order valence-corrected chi connectivity index (χ4v) is 2.55. The largest absolute Gasteiger partial charge is 0.310 e. The van der Waals surface area contributed by atoms with E-state index < -0.39 is 0 Å². The summed E-state index contributed by atoms with van der Waals surface area (Å²) in [5.74, 6) is -0.237. The lowest BCUT2D eigenvalue weighted by atomic mass is 9.95. The Balaban J connectivity index is 1.97. The van der Waals surface area contributed by atoms with Gasteiger partial charge in [-0.25, -0.2) is 0 Å². The lowest BCUT2D eigenvalue weighted by molar-refractivity contribution is -0.135. The Hall–Kier alpha value is -1.94. The van der Waals surface area contributed by atoms with E-state index in [4.69, 9.17) is 0 Å². The highest BCUT2D eigenvalue weighted by Crippen LogP contribution is 2.29. The number of ketones is 1. The Labute approximate surface area is 105 Å². The number of hydrogen-bond acceptors (Lipinski definition) is 3. The van der Waals surface area contributed by atoms with E-state index in [1.165, 1.54) is 17.2 Å². The third kappa shape index (κ3) is 1.84. The zero-order chi connectivity index (χ0) is 12.5. The lowest BCUT2D eigenvalue weighted by Gasteiger charge is -2.35. The minimum Gasteiger partial charge on any atom is -0.310 e. The van der Waals surface area contributed by atoms with Crippen LogP contribution in [0.25, 0.3) is 0 Å². The smallest absolute Gasteiger partial charge is 0.234 e. The molecule has 1 N–H and O–H groups in total. The van der Waals surface area contributed by atoms with E-state index in [2.05, 4.69) is 17.4 Å². The van der Waals surface area contributed by atoms with Gasteiger partial charge in [-0.3, -0.25) is 9.59 Å². The van der Waals surface area contributed by atoms with E-state index >= 15 is 0 Å². The van der Waals surface area contributed by atoms with E-state index in [-0.39, 0.29) is 24.2 Å². The van der Waals surface area contributed by atoms with Crippen molar-refractivity contribution in [2.75, 3.05) is 6.54 Å². The van der Waals surface area contributed by atoms with Crippen molar-refractivity contribution < 1.29 is 9.59 Å². The number of benzene rings is 1. The Morgan fingerprint density at radius 2 is 2.06 bits per heavy atom. The van der Waals surface area contributed by atoms with Gasteiger partial charge in [-0.15, -0.1) is 0 Å². The normalized spacial score (nSPS) is 23.1. The van der Waals surface area contributed by atoms with Crippen LogP contribution in [0.3, 0.4) is 0 Å². The topological polar surface area (TPSA) is 49.4 Å². The van der Waals surface area contributed by atoms with E-state index in [1.54, 1.807) is 11.1 Å². The van der Waals surface area contributed by atoms with Crippen LogP contribution in [0.5, 0.6) is 0 Å². The van der Waals surface area contributed by atoms with Crippen molar-refractivity contribution >= 4 is 11.7 Å². The first kappa shape index (κ1) is 11.2. The molecule has 92 valence electrons. The number of rotatable bonds is 1. The minimum atomic E-state index is -0.119. The van der Waals surface area contributed by atoms with E-state index in [0.717, 1.165) is 13.1 Å². The number of fused-ring (bicyclic) bond motifs is 1. The molecule has 0 saturated carbocycles. The Kier molecular flexibility index (Phi) is 2.72. The molecule has 0 aliphatic carbocycles. The monoisotopic (exact) mass is 242 g/mol. The molecular weight excluding hydrogens is 228 g/mol. The van der Waals surface area contributed by atoms with E-state index in [0.29, 0.717) is 0 Å². The summed E-state index contributed by atoms with van der Waals surface area (Å²) in [5.41, 5.74) is 2.38. The van der Waals surface area contributed by atoms with Gasteiger partial charge in [0.2, 0.25) is 5.91 Å². The molecule has 1 amide bonds. The van der Waals surface area contributed by atoms with Crippen LogP contribution < -0.4 is 5.32 Å². The second-order valence-electron chi connectivity index (χ2n) is 4.61. The molecule has 3 rings (SSSR count). The summed E-state index contributed by atoms with van der Waals surface area (Å²) in [6.07, 6.45) is 3.08. The second-order valence-corrected chi connectivity index (χ2v) is 4.61.